The van der Waals surface area contributed by atoms with Crippen LogP contribution in [0.3, 0.4) is 0 Å². The second-order valence-corrected chi connectivity index (χ2v) is 5.76. The van der Waals surface area contributed by atoms with Crippen molar-refractivity contribution in [2.75, 3.05) is 18.0 Å². The number of nitrogens with zero attached hydrogens (tertiary/aromatic N) is 1. The van der Waals surface area contributed by atoms with E-state index in [1.807, 2.05) is 11.8 Å². The SMILES string of the molecule is CCNC1CCN(c2ccccc2C(F)(F)F)C(C)C1C. The average Bonchev–Trinajstić information content (AvgIpc) is 2.43. The summed E-state index contributed by atoms with van der Waals surface area (Å²) >= 11 is 0. The molecule has 118 valence electrons. The molecule has 1 aliphatic rings. The molecule has 0 saturated carbocycles. The van der Waals surface area contributed by atoms with E-state index >= 15 is 0 Å². The molecule has 0 spiro atoms. The molecule has 2 rings (SSSR count). The fraction of sp³-hybridized carbons (Fsp3) is 0.625. The predicted molar refractivity (Wildman–Crippen MR) is 79.5 cm³/mol. The van der Waals surface area contributed by atoms with Crippen molar-refractivity contribution in [2.45, 2.75) is 45.5 Å². The van der Waals surface area contributed by atoms with Gasteiger partial charge in [-0.05, 0) is 37.9 Å². The van der Waals surface area contributed by atoms with Gasteiger partial charge in [-0.1, -0.05) is 26.0 Å². The van der Waals surface area contributed by atoms with Crippen molar-refractivity contribution in [1.29, 1.82) is 0 Å². The number of hydrogen-bond donors (Lipinski definition) is 1. The first kappa shape index (κ1) is 16.1. The van der Waals surface area contributed by atoms with Crippen molar-refractivity contribution in [2.24, 2.45) is 5.92 Å². The van der Waals surface area contributed by atoms with Gasteiger partial charge in [-0.25, -0.2) is 0 Å². The molecule has 3 atom stereocenters. The molecule has 0 amide bonds. The molecule has 0 radical (unpaired) electrons. The van der Waals surface area contributed by atoms with Crippen LogP contribution < -0.4 is 10.2 Å². The lowest BCUT2D eigenvalue weighted by molar-refractivity contribution is -0.137. The Hall–Kier alpha value is -1.23. The van der Waals surface area contributed by atoms with Crippen molar-refractivity contribution in [1.82, 2.24) is 5.32 Å². The van der Waals surface area contributed by atoms with Gasteiger partial charge in [0.05, 0.1) is 5.56 Å². The van der Waals surface area contributed by atoms with E-state index in [9.17, 15) is 13.2 Å². The number of benzene rings is 1. The van der Waals surface area contributed by atoms with Gasteiger partial charge in [0, 0.05) is 24.3 Å². The first-order valence-corrected chi connectivity index (χ1v) is 7.52. The molecule has 5 heteroatoms. The second kappa shape index (κ2) is 6.26. The summed E-state index contributed by atoms with van der Waals surface area (Å²) in [6.45, 7) is 7.72. The molecule has 1 aromatic rings. The van der Waals surface area contributed by atoms with Crippen LogP contribution in [0.15, 0.2) is 24.3 Å². The molecule has 2 nitrogen and oxygen atoms in total. The predicted octanol–water partition coefficient (Wildman–Crippen LogP) is 3.92. The number of para-hydroxylation sites is 1. The Labute approximate surface area is 124 Å². The quantitative estimate of drug-likeness (QED) is 0.910. The minimum atomic E-state index is -4.31. The minimum absolute atomic E-state index is 0.0753. The fourth-order valence-corrected chi connectivity index (χ4v) is 3.22. The zero-order valence-electron chi connectivity index (χ0n) is 12.7. The van der Waals surface area contributed by atoms with Crippen LogP contribution in [0.25, 0.3) is 0 Å². The number of rotatable bonds is 3. The van der Waals surface area contributed by atoms with E-state index in [0.29, 0.717) is 24.2 Å². The summed E-state index contributed by atoms with van der Waals surface area (Å²) in [5, 5.41) is 3.43. The Balaban J connectivity index is 2.28. The van der Waals surface area contributed by atoms with Crippen LogP contribution >= 0.6 is 0 Å². The average molecular weight is 300 g/mol. The van der Waals surface area contributed by atoms with E-state index in [2.05, 4.69) is 19.2 Å². The molecule has 3 unspecified atom stereocenters. The van der Waals surface area contributed by atoms with Gasteiger partial charge < -0.3 is 10.2 Å². The molecule has 1 aromatic carbocycles. The van der Waals surface area contributed by atoms with Gasteiger partial charge in [0.15, 0.2) is 0 Å². The highest BCUT2D eigenvalue weighted by molar-refractivity contribution is 5.56. The maximum atomic E-state index is 13.2. The first-order valence-electron chi connectivity index (χ1n) is 7.52. The lowest BCUT2D eigenvalue weighted by Crippen LogP contribution is -2.53. The van der Waals surface area contributed by atoms with Crippen LogP contribution in [0.5, 0.6) is 0 Å². The minimum Gasteiger partial charge on any atom is -0.368 e. The molecule has 1 saturated heterocycles. The highest BCUT2D eigenvalue weighted by Crippen LogP contribution is 2.39. The molecule has 1 N–H and O–H groups in total. The number of anilines is 1. The Morgan fingerprint density at radius 3 is 2.52 bits per heavy atom. The normalized spacial score (nSPS) is 27.0. The molecule has 21 heavy (non-hydrogen) atoms. The number of alkyl halides is 3. The Morgan fingerprint density at radius 1 is 1.24 bits per heavy atom. The molecular weight excluding hydrogens is 277 g/mol. The summed E-state index contributed by atoms with van der Waals surface area (Å²) in [7, 11) is 0. The van der Waals surface area contributed by atoms with Gasteiger partial charge >= 0.3 is 6.18 Å². The number of halogens is 3. The molecule has 1 aliphatic heterocycles. The molecule has 1 heterocycles. The molecule has 0 aromatic heterocycles. The maximum Gasteiger partial charge on any atom is 0.418 e. The van der Waals surface area contributed by atoms with Crippen molar-refractivity contribution < 1.29 is 13.2 Å². The van der Waals surface area contributed by atoms with E-state index in [-0.39, 0.29) is 6.04 Å². The van der Waals surface area contributed by atoms with Crippen molar-refractivity contribution in [3.8, 4) is 0 Å². The van der Waals surface area contributed by atoms with E-state index < -0.39 is 11.7 Å². The maximum absolute atomic E-state index is 13.2. The van der Waals surface area contributed by atoms with Crippen LogP contribution in [0, 0.1) is 5.92 Å². The summed E-state index contributed by atoms with van der Waals surface area (Å²) in [6, 6.07) is 6.33. The first-order chi connectivity index (χ1) is 9.86. The monoisotopic (exact) mass is 300 g/mol. The highest BCUT2D eigenvalue weighted by Gasteiger charge is 2.38. The van der Waals surface area contributed by atoms with Gasteiger partial charge in [0.2, 0.25) is 0 Å². The van der Waals surface area contributed by atoms with E-state index in [1.165, 1.54) is 12.1 Å². The third-order valence-corrected chi connectivity index (χ3v) is 4.55. The summed E-state index contributed by atoms with van der Waals surface area (Å²) in [5.74, 6) is 0.306. The number of nitrogens with one attached hydrogen (secondary N) is 1. The van der Waals surface area contributed by atoms with Crippen LogP contribution in [0.1, 0.15) is 32.8 Å². The van der Waals surface area contributed by atoms with Gasteiger partial charge in [-0.3, -0.25) is 0 Å². The molecular formula is C16H23F3N2. The smallest absolute Gasteiger partial charge is 0.368 e. The standard InChI is InChI=1S/C16H23F3N2/c1-4-20-14-9-10-21(12(3)11(14)2)15-8-6-5-7-13(15)16(17,18)19/h5-8,11-12,14,20H,4,9-10H2,1-3H3. The zero-order chi connectivity index (χ0) is 15.6. The fourth-order valence-electron chi connectivity index (χ4n) is 3.22. The lowest BCUT2D eigenvalue weighted by atomic mass is 9.86. The third kappa shape index (κ3) is 3.34. The molecule has 0 bridgehead atoms. The topological polar surface area (TPSA) is 15.3 Å². The Kier molecular flexibility index (Phi) is 4.81. The largest absolute Gasteiger partial charge is 0.418 e. The van der Waals surface area contributed by atoms with Crippen molar-refractivity contribution >= 4 is 5.69 Å². The van der Waals surface area contributed by atoms with Gasteiger partial charge in [0.1, 0.15) is 0 Å². The van der Waals surface area contributed by atoms with E-state index in [1.54, 1.807) is 12.1 Å². The van der Waals surface area contributed by atoms with Crippen LogP contribution in [0.4, 0.5) is 18.9 Å². The van der Waals surface area contributed by atoms with Gasteiger partial charge in [0.25, 0.3) is 0 Å². The van der Waals surface area contributed by atoms with Crippen LogP contribution in [0.2, 0.25) is 0 Å². The van der Waals surface area contributed by atoms with E-state index in [4.69, 9.17) is 0 Å². The lowest BCUT2D eigenvalue weighted by Gasteiger charge is -2.45. The highest BCUT2D eigenvalue weighted by atomic mass is 19.4. The van der Waals surface area contributed by atoms with Crippen LogP contribution in [-0.2, 0) is 6.18 Å². The summed E-state index contributed by atoms with van der Waals surface area (Å²) < 4.78 is 39.6. The molecule has 0 aliphatic carbocycles. The second-order valence-electron chi connectivity index (χ2n) is 5.76. The van der Waals surface area contributed by atoms with Crippen LogP contribution in [-0.4, -0.2) is 25.2 Å². The number of hydrogen-bond acceptors (Lipinski definition) is 2. The summed E-state index contributed by atoms with van der Waals surface area (Å²) in [6.07, 6.45) is -3.44. The Morgan fingerprint density at radius 2 is 1.90 bits per heavy atom. The molecule has 1 fully saturated rings. The van der Waals surface area contributed by atoms with Crippen molar-refractivity contribution in [3.05, 3.63) is 29.8 Å². The summed E-state index contributed by atoms with van der Waals surface area (Å²) in [4.78, 5) is 1.90. The zero-order valence-corrected chi connectivity index (χ0v) is 12.7. The number of piperidine rings is 1. The van der Waals surface area contributed by atoms with E-state index in [0.717, 1.165) is 13.0 Å². The van der Waals surface area contributed by atoms with Crippen molar-refractivity contribution in [3.63, 3.8) is 0 Å². The summed E-state index contributed by atoms with van der Waals surface area (Å²) in [5.41, 5.74) is -0.231. The van der Waals surface area contributed by atoms with Gasteiger partial charge in [-0.2, -0.15) is 13.2 Å². The van der Waals surface area contributed by atoms with Gasteiger partial charge in [-0.15, -0.1) is 0 Å². The third-order valence-electron chi connectivity index (χ3n) is 4.55. The Bertz CT molecular complexity index is 473.